The fourth-order valence-corrected chi connectivity index (χ4v) is 14.3. The van der Waals surface area contributed by atoms with Crippen molar-refractivity contribution in [1.82, 2.24) is 0 Å². The quantitative estimate of drug-likeness (QED) is 0.203. The van der Waals surface area contributed by atoms with Gasteiger partial charge in [-0.25, -0.2) is 0 Å². The smallest absolute Gasteiger partial charge is 0.191 e. The molecule has 12 bridgehead atoms. The summed E-state index contributed by atoms with van der Waals surface area (Å²) >= 11 is 0. The first-order valence-corrected chi connectivity index (χ1v) is 28.2. The second-order valence-corrected chi connectivity index (χ2v) is 28.2. The lowest BCUT2D eigenvalue weighted by molar-refractivity contribution is -0.292. The molecule has 6 unspecified atom stereocenters. The summed E-state index contributed by atoms with van der Waals surface area (Å²) in [5.41, 5.74) is 3.34. The van der Waals surface area contributed by atoms with Crippen molar-refractivity contribution in [3.63, 3.8) is 0 Å². The van der Waals surface area contributed by atoms with E-state index in [0.717, 1.165) is 62.5 Å². The minimum atomic E-state index is -1.93. The summed E-state index contributed by atoms with van der Waals surface area (Å²) in [6.45, 7) is 28.3. The maximum atomic E-state index is 15.4. The van der Waals surface area contributed by atoms with E-state index in [9.17, 15) is 0 Å². The van der Waals surface area contributed by atoms with Gasteiger partial charge in [0.1, 0.15) is 36.3 Å². The van der Waals surface area contributed by atoms with Crippen LogP contribution in [0.3, 0.4) is 0 Å². The van der Waals surface area contributed by atoms with Crippen LogP contribution >= 0.6 is 0 Å². The molecule has 64 heavy (non-hydrogen) atoms. The Labute approximate surface area is 384 Å². The molecule has 10 saturated heterocycles. The highest BCUT2D eigenvalue weighted by Crippen LogP contribution is 2.55. The first kappa shape index (κ1) is 46.0. The first-order chi connectivity index (χ1) is 30.5. The summed E-state index contributed by atoms with van der Waals surface area (Å²) in [4.78, 5) is 15.4. The Morgan fingerprint density at radius 2 is 1.47 bits per heavy atom. The minimum absolute atomic E-state index is 0.00312. The number of ether oxygens (including phenoxy) is 8. The van der Waals surface area contributed by atoms with Crippen LogP contribution in [0.2, 0.25) is 18.1 Å². The predicted octanol–water partition coefficient (Wildman–Crippen LogP) is 9.79. The maximum absolute atomic E-state index is 15.4. The number of hydrogen-bond donors (Lipinski definition) is 0. The van der Waals surface area contributed by atoms with Gasteiger partial charge in [-0.3, -0.25) is 4.79 Å². The van der Waals surface area contributed by atoms with E-state index in [0.29, 0.717) is 44.1 Å². The van der Waals surface area contributed by atoms with E-state index in [2.05, 4.69) is 92.1 Å². The van der Waals surface area contributed by atoms with Gasteiger partial charge in [-0.2, -0.15) is 0 Å². The van der Waals surface area contributed by atoms with Crippen LogP contribution in [0.15, 0.2) is 54.6 Å². The van der Waals surface area contributed by atoms with Gasteiger partial charge in [0, 0.05) is 44.1 Å². The Balaban J connectivity index is 0.968. The van der Waals surface area contributed by atoms with E-state index in [4.69, 9.17) is 42.3 Å². The molecule has 1 aromatic carbocycles. The Bertz CT molecular complexity index is 1880. The highest BCUT2D eigenvalue weighted by molar-refractivity contribution is 6.74. The molecule has 10 heterocycles. The highest BCUT2D eigenvalue weighted by Gasteiger charge is 2.69. The number of benzene rings is 1. The Morgan fingerprint density at radius 3 is 2.25 bits per heavy atom. The predicted molar refractivity (Wildman–Crippen MR) is 246 cm³/mol. The molecule has 10 fully saturated rings. The molecule has 10 nitrogen and oxygen atoms in total. The zero-order chi connectivity index (χ0) is 44.9. The summed E-state index contributed by atoms with van der Waals surface area (Å²) in [6.07, 6.45) is 7.09. The third kappa shape index (κ3) is 8.66. The van der Waals surface area contributed by atoms with Crippen LogP contribution in [0.25, 0.3) is 0 Å². The second kappa shape index (κ2) is 17.6. The molecular weight excluding hydrogens is 825 g/mol. The summed E-state index contributed by atoms with van der Waals surface area (Å²) in [5, 5.41) is 0.137. The molecule has 354 valence electrons. The summed E-state index contributed by atoms with van der Waals surface area (Å²) in [5.74, 6) is -0.316. The molecule has 1 aromatic rings. The van der Waals surface area contributed by atoms with Gasteiger partial charge in [0.25, 0.3) is 0 Å². The van der Waals surface area contributed by atoms with E-state index in [1.54, 1.807) is 0 Å². The normalized spacial score (nSPS) is 46.5. The lowest BCUT2D eigenvalue weighted by Crippen LogP contribution is -2.61. The molecule has 0 aromatic heterocycles. The molecular formula is C53H78O10Si. The zero-order valence-corrected chi connectivity index (χ0v) is 41.0. The lowest BCUT2D eigenvalue weighted by Gasteiger charge is -2.47. The van der Waals surface area contributed by atoms with Crippen LogP contribution in [-0.4, -0.2) is 112 Å². The Hall–Kier alpha value is -1.77. The van der Waals surface area contributed by atoms with E-state index >= 15 is 4.79 Å². The van der Waals surface area contributed by atoms with Crippen molar-refractivity contribution in [1.29, 1.82) is 0 Å². The van der Waals surface area contributed by atoms with Gasteiger partial charge >= 0.3 is 0 Å². The van der Waals surface area contributed by atoms with Crippen LogP contribution in [-0.2, 0) is 47.1 Å². The van der Waals surface area contributed by atoms with Crippen LogP contribution in [0.4, 0.5) is 0 Å². The van der Waals surface area contributed by atoms with Crippen molar-refractivity contribution in [2.45, 2.75) is 234 Å². The summed E-state index contributed by atoms with van der Waals surface area (Å²) in [7, 11) is -1.93. The number of fused-ring (bicyclic) bond motifs is 6. The van der Waals surface area contributed by atoms with Crippen molar-refractivity contribution in [2.24, 2.45) is 23.7 Å². The van der Waals surface area contributed by atoms with Crippen LogP contribution in [0.1, 0.15) is 130 Å². The number of Topliss-reactive ketones (excluding diaryl/α,β-unsaturated/α-hetero) is 1. The molecule has 11 heteroatoms. The van der Waals surface area contributed by atoms with Crippen molar-refractivity contribution in [3.8, 4) is 0 Å². The maximum Gasteiger partial charge on any atom is 0.191 e. The molecule has 10 aliphatic rings. The Kier molecular flexibility index (Phi) is 12.7. The fraction of sp³-hybridized carbons (Fsp3) is 0.792. The molecule has 1 spiro atoms. The molecule has 10 aliphatic heterocycles. The van der Waals surface area contributed by atoms with Gasteiger partial charge in [-0.15, -0.1) is 0 Å². The topological polar surface area (TPSA) is 100 Å². The lowest BCUT2D eigenvalue weighted by atomic mass is 9.70. The molecule has 0 N–H and O–H groups in total. The largest absolute Gasteiger partial charge is 0.417 e. The van der Waals surface area contributed by atoms with Gasteiger partial charge in [0.2, 0.25) is 0 Å². The van der Waals surface area contributed by atoms with Gasteiger partial charge in [0.15, 0.2) is 14.1 Å². The van der Waals surface area contributed by atoms with Crippen molar-refractivity contribution >= 4 is 14.1 Å². The molecule has 11 rings (SSSR count). The number of ketones is 1. The molecule has 0 aliphatic carbocycles. The monoisotopic (exact) mass is 903 g/mol. The van der Waals surface area contributed by atoms with Crippen molar-refractivity contribution in [3.05, 3.63) is 60.2 Å². The first-order valence-electron chi connectivity index (χ1n) is 25.3. The minimum Gasteiger partial charge on any atom is -0.417 e. The number of carbonyl (C=O) groups is 1. The van der Waals surface area contributed by atoms with Crippen LogP contribution in [0.5, 0.6) is 0 Å². The van der Waals surface area contributed by atoms with E-state index < -0.39 is 14.1 Å². The molecule has 0 amide bonds. The van der Waals surface area contributed by atoms with E-state index in [1.165, 1.54) is 5.57 Å². The standard InChI is InChI=1S/C53H78O10Si/c1-29(28-55-64(9,10)52(6,7)8)22-41-33(5)45-43(59-41)26-42-32(4)30(2)23-35(57-42)16-18-39-31(3)24-37(56-39)20-21-53-27-44-48(62-53)49-50(61-44)51(63-53)47-40(60-49)19-17-36(58-47)25-38(54)46(45)34-14-12-11-13-15-34/h11-15,29-30,33,35-37,39-51H,3-4,16-28H2,1-2,5-10H3/t29-,30+,33?,35?,36+,37?,39-,40-,41+,42+,43?,44+,45?,46?,47-,48-,49-,50+,51-,53-/m0/s1. The van der Waals surface area contributed by atoms with E-state index in [1.807, 2.05) is 6.07 Å². The van der Waals surface area contributed by atoms with E-state index in [-0.39, 0.29) is 114 Å². The number of hydrogen-bond acceptors (Lipinski definition) is 10. The average Bonchev–Trinajstić information content (AvgIpc) is 3.92. The molecule has 0 radical (unpaired) electrons. The third-order valence-electron chi connectivity index (χ3n) is 17.9. The van der Waals surface area contributed by atoms with Crippen LogP contribution in [0, 0.1) is 23.7 Å². The molecule has 0 saturated carbocycles. The number of rotatable bonds is 6. The SMILES string of the molecule is C=C1CC2CC[C@@]34C[C@H]5O[C@H]6[C@@H](O3)[C@H]3O[C@H](CC[C@@H]3O[C@H]6[C@H]5O4)CC(=O)C(c3ccccc3)C3C(C[C@H]4OC(CC[C@@H]1O2)C[C@@H](C)C4=C)O[C@H](C[C@H](C)CO[Si](C)(C)C(C)(C)C)C3C. The average molecular weight is 903 g/mol. The third-order valence-corrected chi connectivity index (χ3v) is 22.4. The fourth-order valence-electron chi connectivity index (χ4n) is 13.1. The van der Waals surface area contributed by atoms with Crippen molar-refractivity contribution < 1.29 is 47.1 Å². The van der Waals surface area contributed by atoms with Crippen molar-refractivity contribution in [2.75, 3.05) is 6.61 Å². The second-order valence-electron chi connectivity index (χ2n) is 23.4. The van der Waals surface area contributed by atoms with Gasteiger partial charge in [-0.1, -0.05) is 85.0 Å². The summed E-state index contributed by atoms with van der Waals surface area (Å²) < 4.78 is 62.6. The number of carbonyl (C=O) groups excluding carboxylic acids is 1. The van der Waals surface area contributed by atoms with Crippen LogP contribution < -0.4 is 0 Å². The Morgan fingerprint density at radius 1 is 0.766 bits per heavy atom. The summed E-state index contributed by atoms with van der Waals surface area (Å²) in [6, 6.07) is 10.5. The van der Waals surface area contributed by atoms with Gasteiger partial charge in [-0.05, 0) is 104 Å². The molecule has 20 atom stereocenters. The zero-order valence-electron chi connectivity index (χ0n) is 40.0. The highest BCUT2D eigenvalue weighted by atomic mass is 28.4. The van der Waals surface area contributed by atoms with Gasteiger partial charge in [0.05, 0.1) is 54.9 Å². The van der Waals surface area contributed by atoms with Gasteiger partial charge < -0.3 is 42.3 Å².